The van der Waals surface area contributed by atoms with E-state index in [9.17, 15) is 22.8 Å². The number of alkyl halides is 3. The molecule has 0 saturated carbocycles. The molecule has 0 bridgehead atoms. The Hall–Kier alpha value is -3.59. The fraction of sp³-hybridized carbons (Fsp3) is 0.345. The molecular weight excluding hydrogens is 533 g/mol. The fourth-order valence-corrected chi connectivity index (χ4v) is 4.17. The lowest BCUT2D eigenvalue weighted by atomic mass is 9.83. The molecule has 0 fully saturated rings. The van der Waals surface area contributed by atoms with E-state index < -0.39 is 29.9 Å². The van der Waals surface area contributed by atoms with E-state index in [-0.39, 0.29) is 17.4 Å². The number of aromatic nitrogens is 1. The van der Waals surface area contributed by atoms with Gasteiger partial charge in [-0.25, -0.2) is 9.78 Å². The van der Waals surface area contributed by atoms with Crippen LogP contribution in [0.3, 0.4) is 0 Å². The highest BCUT2D eigenvalue weighted by Gasteiger charge is 2.32. The molecule has 0 spiro atoms. The van der Waals surface area contributed by atoms with Crippen LogP contribution in [-0.2, 0) is 4.74 Å². The third kappa shape index (κ3) is 8.99. The predicted molar refractivity (Wildman–Crippen MR) is 142 cm³/mol. The minimum atomic E-state index is -4.82. The Balaban J connectivity index is 1.97. The minimum Gasteiger partial charge on any atom is -0.456 e. The molecule has 3 aromatic rings. The van der Waals surface area contributed by atoms with Gasteiger partial charge in [-0.15, -0.1) is 13.2 Å². The number of esters is 1. The van der Waals surface area contributed by atoms with Crippen LogP contribution < -0.4 is 10.1 Å². The maximum absolute atomic E-state index is 13.2. The number of hydrogen-bond donors (Lipinski definition) is 1. The first-order valence-electron chi connectivity index (χ1n) is 12.4. The fourth-order valence-electron chi connectivity index (χ4n) is 4.06. The average Bonchev–Trinajstić information content (AvgIpc) is 2.85. The summed E-state index contributed by atoms with van der Waals surface area (Å²) in [5, 5.41) is 3.36. The lowest BCUT2D eigenvalue weighted by Gasteiger charge is -2.29. The van der Waals surface area contributed by atoms with E-state index in [1.54, 1.807) is 51.1 Å². The highest BCUT2D eigenvalue weighted by atomic mass is 35.5. The van der Waals surface area contributed by atoms with Gasteiger partial charge in [0.2, 0.25) is 0 Å². The first-order valence-corrected chi connectivity index (χ1v) is 12.7. The third-order valence-corrected chi connectivity index (χ3v) is 5.92. The third-order valence-electron chi connectivity index (χ3n) is 5.69. The number of benzene rings is 2. The molecule has 0 aliphatic carbocycles. The van der Waals surface area contributed by atoms with Crippen LogP contribution in [0.1, 0.15) is 84.5 Å². The Kier molecular flexibility index (Phi) is 9.61. The van der Waals surface area contributed by atoms with Crippen molar-refractivity contribution in [3.63, 3.8) is 0 Å². The van der Waals surface area contributed by atoms with Crippen LogP contribution in [-0.4, -0.2) is 28.8 Å². The van der Waals surface area contributed by atoms with Crippen LogP contribution >= 0.6 is 11.6 Å². The van der Waals surface area contributed by atoms with Gasteiger partial charge in [0.1, 0.15) is 17.0 Å². The summed E-state index contributed by atoms with van der Waals surface area (Å²) in [5.74, 6) is -1.59. The summed E-state index contributed by atoms with van der Waals surface area (Å²) in [6.45, 7) is 7.33. The zero-order valence-corrected chi connectivity index (χ0v) is 22.8. The maximum atomic E-state index is 13.2. The van der Waals surface area contributed by atoms with Crippen molar-refractivity contribution in [3.05, 3.63) is 94.3 Å². The Labute approximate surface area is 230 Å². The van der Waals surface area contributed by atoms with Crippen molar-refractivity contribution in [1.29, 1.82) is 0 Å². The number of amides is 1. The molecule has 1 heterocycles. The molecule has 10 heteroatoms. The van der Waals surface area contributed by atoms with Gasteiger partial charge < -0.3 is 14.8 Å². The molecule has 1 amide bonds. The standard InChI is InChI=1S/C29H30ClF3N2O4/c1-5-6-23(18-7-9-20(10-8-18)27(37)39-28(2,3)4)25(35-26(36)24-16-13-21(30)17-34-24)19-11-14-22(15-12-19)38-29(31,32)33/h7-17,23,25H,5-6H2,1-4H3,(H,35,36). The molecule has 39 heavy (non-hydrogen) atoms. The second-order valence-corrected chi connectivity index (χ2v) is 10.4. The van der Waals surface area contributed by atoms with Crippen molar-refractivity contribution in [1.82, 2.24) is 10.3 Å². The quantitative estimate of drug-likeness (QED) is 0.271. The van der Waals surface area contributed by atoms with Crippen LogP contribution in [0.2, 0.25) is 5.02 Å². The molecule has 0 saturated heterocycles. The van der Waals surface area contributed by atoms with E-state index >= 15 is 0 Å². The van der Waals surface area contributed by atoms with Gasteiger partial charge in [0.05, 0.1) is 16.6 Å². The second-order valence-electron chi connectivity index (χ2n) is 9.95. The van der Waals surface area contributed by atoms with Gasteiger partial charge in [0, 0.05) is 12.1 Å². The van der Waals surface area contributed by atoms with E-state index in [1.807, 2.05) is 6.92 Å². The van der Waals surface area contributed by atoms with E-state index in [0.29, 0.717) is 22.6 Å². The van der Waals surface area contributed by atoms with Gasteiger partial charge in [-0.3, -0.25) is 4.79 Å². The van der Waals surface area contributed by atoms with Crippen LogP contribution in [0.5, 0.6) is 5.75 Å². The number of carbonyl (C=O) groups excluding carboxylic acids is 2. The largest absolute Gasteiger partial charge is 0.573 e. The zero-order chi connectivity index (χ0) is 28.8. The summed E-state index contributed by atoms with van der Waals surface area (Å²) in [4.78, 5) is 29.7. The predicted octanol–water partition coefficient (Wildman–Crippen LogP) is 7.64. The van der Waals surface area contributed by atoms with Gasteiger partial charge >= 0.3 is 12.3 Å². The SMILES string of the molecule is CCCC(c1ccc(C(=O)OC(C)(C)C)cc1)C(NC(=O)c1ccc(Cl)cn1)c1ccc(OC(F)(F)F)cc1. The van der Waals surface area contributed by atoms with Crippen molar-refractivity contribution in [2.45, 2.75) is 64.5 Å². The lowest BCUT2D eigenvalue weighted by Crippen LogP contribution is -2.33. The summed E-state index contributed by atoms with van der Waals surface area (Å²) in [5.41, 5.74) is 1.27. The molecule has 3 rings (SSSR count). The molecule has 2 unspecified atom stereocenters. The number of nitrogens with zero attached hydrogens (tertiary/aromatic N) is 1. The van der Waals surface area contributed by atoms with E-state index in [0.717, 1.165) is 12.0 Å². The molecular formula is C29H30ClF3N2O4. The Morgan fingerprint density at radius 3 is 2.08 bits per heavy atom. The molecule has 2 aromatic carbocycles. The first-order chi connectivity index (χ1) is 18.3. The van der Waals surface area contributed by atoms with Crippen molar-refractivity contribution in [2.75, 3.05) is 0 Å². The number of pyridine rings is 1. The molecule has 2 atom stereocenters. The minimum absolute atomic E-state index is 0.136. The zero-order valence-electron chi connectivity index (χ0n) is 22.0. The van der Waals surface area contributed by atoms with Crippen molar-refractivity contribution >= 4 is 23.5 Å². The monoisotopic (exact) mass is 562 g/mol. The highest BCUT2D eigenvalue weighted by Crippen LogP contribution is 2.36. The molecule has 1 N–H and O–H groups in total. The van der Waals surface area contributed by atoms with Crippen molar-refractivity contribution in [3.8, 4) is 5.75 Å². The molecule has 6 nitrogen and oxygen atoms in total. The van der Waals surface area contributed by atoms with E-state index in [4.69, 9.17) is 16.3 Å². The van der Waals surface area contributed by atoms with Crippen LogP contribution in [0, 0.1) is 0 Å². The number of hydrogen-bond acceptors (Lipinski definition) is 5. The Morgan fingerprint density at radius 1 is 0.949 bits per heavy atom. The number of halogens is 4. The summed E-state index contributed by atoms with van der Waals surface area (Å²) >= 11 is 5.90. The summed E-state index contributed by atoms with van der Waals surface area (Å²) in [6.07, 6.45) is -2.09. The van der Waals surface area contributed by atoms with Gasteiger partial charge in [0.25, 0.3) is 5.91 Å². The number of carbonyl (C=O) groups is 2. The molecule has 0 radical (unpaired) electrons. The smallest absolute Gasteiger partial charge is 0.456 e. The molecule has 208 valence electrons. The second kappa shape index (κ2) is 12.5. The van der Waals surface area contributed by atoms with E-state index in [1.165, 1.54) is 36.5 Å². The Bertz CT molecular complexity index is 1260. The van der Waals surface area contributed by atoms with Gasteiger partial charge in [0.15, 0.2) is 0 Å². The molecule has 1 aromatic heterocycles. The van der Waals surface area contributed by atoms with E-state index in [2.05, 4.69) is 15.0 Å². The van der Waals surface area contributed by atoms with Crippen LogP contribution in [0.15, 0.2) is 66.9 Å². The van der Waals surface area contributed by atoms with Gasteiger partial charge in [-0.1, -0.05) is 49.2 Å². The average molecular weight is 563 g/mol. The topological polar surface area (TPSA) is 77.5 Å². The van der Waals surface area contributed by atoms with Crippen molar-refractivity contribution < 1.29 is 32.2 Å². The van der Waals surface area contributed by atoms with Gasteiger partial charge in [-0.2, -0.15) is 0 Å². The highest BCUT2D eigenvalue weighted by molar-refractivity contribution is 6.30. The van der Waals surface area contributed by atoms with Crippen LogP contribution in [0.25, 0.3) is 0 Å². The van der Waals surface area contributed by atoms with Crippen LogP contribution in [0.4, 0.5) is 13.2 Å². The number of rotatable bonds is 9. The number of ether oxygens (including phenoxy) is 2. The van der Waals surface area contributed by atoms with Gasteiger partial charge in [-0.05, 0) is 74.7 Å². The first kappa shape index (κ1) is 30.0. The lowest BCUT2D eigenvalue weighted by molar-refractivity contribution is -0.274. The molecule has 0 aliphatic heterocycles. The van der Waals surface area contributed by atoms with Crippen molar-refractivity contribution in [2.24, 2.45) is 0 Å². The molecule has 0 aliphatic rings. The number of nitrogens with one attached hydrogen (secondary N) is 1. The summed E-state index contributed by atoms with van der Waals surface area (Å²) in [6, 6.07) is 14.7. The Morgan fingerprint density at radius 2 is 1.56 bits per heavy atom. The summed E-state index contributed by atoms with van der Waals surface area (Å²) in [7, 11) is 0. The normalized spacial score (nSPS) is 13.3. The summed E-state index contributed by atoms with van der Waals surface area (Å²) < 4.78 is 47.5. The maximum Gasteiger partial charge on any atom is 0.573 e.